The van der Waals surface area contributed by atoms with Crippen LogP contribution in [0.4, 0.5) is 0 Å². The Morgan fingerprint density at radius 1 is 1.57 bits per heavy atom. The van der Waals surface area contributed by atoms with E-state index in [0.717, 1.165) is 25.8 Å². The standard InChI is InChI=1S/C10H19NO3/c1-14-10(13)4-5-11-7-8-2-3-9(12)6-8/h8-9,11-12H,2-7H2,1H3. The number of nitrogens with one attached hydrogen (secondary N) is 1. The topological polar surface area (TPSA) is 58.6 Å². The molecule has 0 aromatic carbocycles. The Morgan fingerprint density at radius 2 is 2.36 bits per heavy atom. The van der Waals surface area contributed by atoms with E-state index in [9.17, 15) is 9.90 Å². The fraction of sp³-hybridized carbons (Fsp3) is 0.900. The first-order chi connectivity index (χ1) is 6.72. The molecule has 0 spiro atoms. The molecule has 0 radical (unpaired) electrons. The molecule has 1 aliphatic carbocycles. The summed E-state index contributed by atoms with van der Waals surface area (Å²) in [5.74, 6) is 0.395. The molecule has 2 unspecified atom stereocenters. The van der Waals surface area contributed by atoms with Crippen molar-refractivity contribution in [3.8, 4) is 0 Å². The summed E-state index contributed by atoms with van der Waals surface area (Å²) in [6.45, 7) is 1.56. The Morgan fingerprint density at radius 3 is 2.93 bits per heavy atom. The predicted molar refractivity (Wildman–Crippen MR) is 52.9 cm³/mol. The Labute approximate surface area is 84.6 Å². The minimum Gasteiger partial charge on any atom is -0.469 e. The number of rotatable bonds is 5. The summed E-state index contributed by atoms with van der Waals surface area (Å²) in [4.78, 5) is 10.8. The van der Waals surface area contributed by atoms with Gasteiger partial charge in [-0.2, -0.15) is 0 Å². The van der Waals surface area contributed by atoms with Gasteiger partial charge in [0.1, 0.15) is 0 Å². The number of methoxy groups -OCH3 is 1. The van der Waals surface area contributed by atoms with Crippen LogP contribution in [-0.2, 0) is 9.53 Å². The fourth-order valence-electron chi connectivity index (χ4n) is 1.83. The molecule has 4 nitrogen and oxygen atoms in total. The molecular formula is C10H19NO3. The zero-order valence-corrected chi connectivity index (χ0v) is 8.66. The second-order valence-corrected chi connectivity index (χ2v) is 3.86. The number of ether oxygens (including phenoxy) is 1. The second-order valence-electron chi connectivity index (χ2n) is 3.86. The van der Waals surface area contributed by atoms with E-state index in [4.69, 9.17) is 0 Å². The Kier molecular flexibility index (Phi) is 4.90. The maximum Gasteiger partial charge on any atom is 0.306 e. The van der Waals surface area contributed by atoms with Gasteiger partial charge in [-0.15, -0.1) is 0 Å². The van der Waals surface area contributed by atoms with E-state index in [1.165, 1.54) is 7.11 Å². The first-order valence-corrected chi connectivity index (χ1v) is 5.18. The fourth-order valence-corrected chi connectivity index (χ4v) is 1.83. The van der Waals surface area contributed by atoms with Crippen LogP contribution < -0.4 is 5.32 Å². The monoisotopic (exact) mass is 201 g/mol. The third-order valence-electron chi connectivity index (χ3n) is 2.68. The quantitative estimate of drug-likeness (QED) is 0.496. The van der Waals surface area contributed by atoms with Crippen molar-refractivity contribution >= 4 is 5.97 Å². The lowest BCUT2D eigenvalue weighted by Crippen LogP contribution is -2.24. The average Bonchev–Trinajstić information content (AvgIpc) is 2.58. The molecule has 1 aliphatic rings. The van der Waals surface area contributed by atoms with E-state index in [0.29, 0.717) is 18.9 Å². The molecular weight excluding hydrogens is 182 g/mol. The third kappa shape index (κ3) is 4.07. The highest BCUT2D eigenvalue weighted by Crippen LogP contribution is 2.24. The van der Waals surface area contributed by atoms with Crippen LogP contribution in [0.25, 0.3) is 0 Å². The lowest BCUT2D eigenvalue weighted by Gasteiger charge is -2.09. The molecule has 0 amide bonds. The largest absolute Gasteiger partial charge is 0.469 e. The predicted octanol–water partition coefficient (Wildman–Crippen LogP) is 0.300. The zero-order valence-electron chi connectivity index (χ0n) is 8.66. The van der Waals surface area contributed by atoms with Gasteiger partial charge < -0.3 is 15.2 Å². The summed E-state index contributed by atoms with van der Waals surface area (Å²) in [5.41, 5.74) is 0. The summed E-state index contributed by atoms with van der Waals surface area (Å²) in [6.07, 6.45) is 3.22. The molecule has 0 bridgehead atoms. The van der Waals surface area contributed by atoms with Crippen molar-refractivity contribution in [1.82, 2.24) is 5.32 Å². The maximum atomic E-state index is 10.8. The first-order valence-electron chi connectivity index (χ1n) is 5.18. The molecule has 0 aromatic rings. The smallest absolute Gasteiger partial charge is 0.306 e. The van der Waals surface area contributed by atoms with Gasteiger partial charge in [0.15, 0.2) is 0 Å². The van der Waals surface area contributed by atoms with Crippen molar-refractivity contribution in [2.24, 2.45) is 5.92 Å². The van der Waals surface area contributed by atoms with Gasteiger partial charge in [0.2, 0.25) is 0 Å². The summed E-state index contributed by atoms with van der Waals surface area (Å²) in [6, 6.07) is 0. The lowest BCUT2D eigenvalue weighted by atomic mass is 10.1. The van der Waals surface area contributed by atoms with Crippen LogP contribution in [0.1, 0.15) is 25.7 Å². The highest BCUT2D eigenvalue weighted by atomic mass is 16.5. The average molecular weight is 201 g/mol. The molecule has 1 rings (SSSR count). The maximum absolute atomic E-state index is 10.8. The highest BCUT2D eigenvalue weighted by Gasteiger charge is 2.21. The van der Waals surface area contributed by atoms with Gasteiger partial charge in [-0.05, 0) is 31.7 Å². The number of aliphatic hydroxyl groups excluding tert-OH is 1. The van der Waals surface area contributed by atoms with Gasteiger partial charge in [0.05, 0.1) is 19.6 Å². The minimum atomic E-state index is -0.177. The summed E-state index contributed by atoms with van der Waals surface area (Å²) in [5, 5.41) is 12.5. The van der Waals surface area contributed by atoms with Crippen LogP contribution in [0.2, 0.25) is 0 Å². The Hall–Kier alpha value is -0.610. The SMILES string of the molecule is COC(=O)CCNCC1CCC(O)C1. The van der Waals surface area contributed by atoms with E-state index >= 15 is 0 Å². The molecule has 4 heteroatoms. The molecule has 0 heterocycles. The lowest BCUT2D eigenvalue weighted by molar-refractivity contribution is -0.140. The van der Waals surface area contributed by atoms with Crippen LogP contribution in [0.15, 0.2) is 0 Å². The van der Waals surface area contributed by atoms with E-state index < -0.39 is 0 Å². The third-order valence-corrected chi connectivity index (χ3v) is 2.68. The van der Waals surface area contributed by atoms with Gasteiger partial charge >= 0.3 is 5.97 Å². The molecule has 0 aliphatic heterocycles. The van der Waals surface area contributed by atoms with Gasteiger partial charge in [-0.3, -0.25) is 4.79 Å². The molecule has 2 atom stereocenters. The number of hydrogen-bond donors (Lipinski definition) is 2. The van der Waals surface area contributed by atoms with Crippen molar-refractivity contribution in [2.45, 2.75) is 31.8 Å². The van der Waals surface area contributed by atoms with Crippen molar-refractivity contribution < 1.29 is 14.6 Å². The van der Waals surface area contributed by atoms with Crippen molar-refractivity contribution in [3.63, 3.8) is 0 Å². The van der Waals surface area contributed by atoms with Crippen molar-refractivity contribution in [2.75, 3.05) is 20.2 Å². The molecule has 2 N–H and O–H groups in total. The van der Waals surface area contributed by atoms with Crippen molar-refractivity contribution in [3.05, 3.63) is 0 Å². The summed E-state index contributed by atoms with van der Waals surface area (Å²) < 4.78 is 4.52. The van der Waals surface area contributed by atoms with Gasteiger partial charge in [0.25, 0.3) is 0 Å². The van der Waals surface area contributed by atoms with E-state index in [2.05, 4.69) is 10.1 Å². The summed E-state index contributed by atoms with van der Waals surface area (Å²) >= 11 is 0. The minimum absolute atomic E-state index is 0.109. The van der Waals surface area contributed by atoms with Crippen LogP contribution in [0, 0.1) is 5.92 Å². The van der Waals surface area contributed by atoms with Crippen LogP contribution in [0.5, 0.6) is 0 Å². The second kappa shape index (κ2) is 5.98. The number of esters is 1. The molecule has 1 saturated carbocycles. The number of carbonyl (C=O) groups excluding carboxylic acids is 1. The Bertz CT molecular complexity index is 184. The molecule has 82 valence electrons. The first kappa shape index (κ1) is 11.5. The van der Waals surface area contributed by atoms with Crippen LogP contribution >= 0.6 is 0 Å². The zero-order chi connectivity index (χ0) is 10.4. The van der Waals surface area contributed by atoms with E-state index in [1.807, 2.05) is 0 Å². The molecule has 14 heavy (non-hydrogen) atoms. The van der Waals surface area contributed by atoms with Gasteiger partial charge in [-0.1, -0.05) is 0 Å². The molecule has 0 aromatic heterocycles. The molecule has 1 fully saturated rings. The van der Waals surface area contributed by atoms with Crippen LogP contribution in [-0.4, -0.2) is 37.4 Å². The molecule has 0 saturated heterocycles. The van der Waals surface area contributed by atoms with E-state index in [-0.39, 0.29) is 12.1 Å². The van der Waals surface area contributed by atoms with Gasteiger partial charge in [0, 0.05) is 6.54 Å². The van der Waals surface area contributed by atoms with Crippen LogP contribution in [0.3, 0.4) is 0 Å². The number of aliphatic hydroxyl groups is 1. The highest BCUT2D eigenvalue weighted by molar-refractivity contribution is 5.69. The number of hydrogen-bond acceptors (Lipinski definition) is 4. The number of carbonyl (C=O) groups is 1. The van der Waals surface area contributed by atoms with E-state index in [1.54, 1.807) is 0 Å². The van der Waals surface area contributed by atoms with Crippen molar-refractivity contribution in [1.29, 1.82) is 0 Å². The summed E-state index contributed by atoms with van der Waals surface area (Å²) in [7, 11) is 1.40. The normalized spacial score (nSPS) is 26.4. The Balaban J connectivity index is 1.96. The van der Waals surface area contributed by atoms with Gasteiger partial charge in [-0.25, -0.2) is 0 Å².